The van der Waals surface area contributed by atoms with Gasteiger partial charge in [-0.2, -0.15) is 9.57 Å². The van der Waals surface area contributed by atoms with Crippen molar-refractivity contribution < 1.29 is 13.2 Å². The van der Waals surface area contributed by atoms with Crippen molar-refractivity contribution in [3.05, 3.63) is 28.8 Å². The zero-order valence-electron chi connectivity index (χ0n) is 11.3. The highest BCUT2D eigenvalue weighted by atomic mass is 35.5. The molecule has 0 bridgehead atoms. The normalized spacial score (nSPS) is 19.9. The average molecular weight is 328 g/mol. The monoisotopic (exact) mass is 327 g/mol. The van der Waals surface area contributed by atoms with E-state index in [1.54, 1.807) is 6.92 Å². The number of amides is 1. The zero-order chi connectivity index (χ0) is 15.6. The van der Waals surface area contributed by atoms with E-state index in [-0.39, 0.29) is 34.5 Å². The summed E-state index contributed by atoms with van der Waals surface area (Å²) in [5.41, 5.74) is 0.0141. The van der Waals surface area contributed by atoms with Crippen LogP contribution in [0.25, 0.3) is 0 Å². The van der Waals surface area contributed by atoms with Crippen molar-refractivity contribution in [2.45, 2.75) is 24.3 Å². The summed E-state index contributed by atoms with van der Waals surface area (Å²) < 4.78 is 26.7. The van der Waals surface area contributed by atoms with Crippen LogP contribution in [0.15, 0.2) is 23.1 Å². The number of benzene rings is 1. The van der Waals surface area contributed by atoms with Crippen molar-refractivity contribution in [2.75, 3.05) is 13.1 Å². The molecule has 112 valence electrons. The van der Waals surface area contributed by atoms with Crippen LogP contribution in [0.2, 0.25) is 5.02 Å². The number of nitriles is 1. The van der Waals surface area contributed by atoms with Gasteiger partial charge in [-0.3, -0.25) is 4.79 Å². The van der Waals surface area contributed by atoms with Crippen molar-refractivity contribution in [1.82, 2.24) is 9.62 Å². The predicted molar refractivity (Wildman–Crippen MR) is 77.1 cm³/mol. The minimum absolute atomic E-state index is 0.0141. The largest absolute Gasteiger partial charge is 0.353 e. The first-order valence-corrected chi connectivity index (χ1v) is 8.22. The Morgan fingerprint density at radius 1 is 1.52 bits per heavy atom. The highest BCUT2D eigenvalue weighted by Crippen LogP contribution is 2.26. The van der Waals surface area contributed by atoms with Crippen LogP contribution in [0.4, 0.5) is 0 Å². The molecule has 1 saturated heterocycles. The third-order valence-corrected chi connectivity index (χ3v) is 5.50. The maximum absolute atomic E-state index is 12.8. The first-order valence-electron chi connectivity index (χ1n) is 6.41. The van der Waals surface area contributed by atoms with E-state index >= 15 is 0 Å². The summed E-state index contributed by atoms with van der Waals surface area (Å²) in [5, 5.41) is 12.0. The van der Waals surface area contributed by atoms with E-state index in [0.29, 0.717) is 6.42 Å². The second kappa shape index (κ2) is 6.02. The van der Waals surface area contributed by atoms with Gasteiger partial charge < -0.3 is 5.32 Å². The Bertz CT molecular complexity index is 712. The molecule has 1 unspecified atom stereocenters. The molecule has 1 amide bonds. The fourth-order valence-corrected chi connectivity index (χ4v) is 4.37. The van der Waals surface area contributed by atoms with Crippen molar-refractivity contribution in [3.8, 4) is 6.07 Å². The molecule has 8 heteroatoms. The number of hydrogen-bond donors (Lipinski definition) is 1. The van der Waals surface area contributed by atoms with E-state index in [1.807, 2.05) is 6.07 Å². The molecule has 0 aromatic heterocycles. The van der Waals surface area contributed by atoms with Gasteiger partial charge in [-0.25, -0.2) is 8.42 Å². The molecule has 0 saturated carbocycles. The van der Waals surface area contributed by atoms with Crippen LogP contribution in [-0.4, -0.2) is 37.8 Å². The summed E-state index contributed by atoms with van der Waals surface area (Å²) in [4.78, 5) is 11.7. The van der Waals surface area contributed by atoms with Gasteiger partial charge in [0.1, 0.15) is 17.0 Å². The van der Waals surface area contributed by atoms with Gasteiger partial charge in [-0.1, -0.05) is 18.5 Å². The summed E-state index contributed by atoms with van der Waals surface area (Å²) in [6.45, 7) is 2.16. The molecule has 0 radical (unpaired) electrons. The maximum Gasteiger partial charge on any atom is 0.245 e. The van der Waals surface area contributed by atoms with E-state index in [9.17, 15) is 13.2 Å². The first-order chi connectivity index (χ1) is 9.91. The zero-order valence-corrected chi connectivity index (χ0v) is 12.9. The summed E-state index contributed by atoms with van der Waals surface area (Å²) in [6, 6.07) is 5.14. The molecule has 0 spiro atoms. The Hall–Kier alpha value is -1.62. The lowest BCUT2D eigenvalue weighted by Crippen LogP contribution is -2.56. The molecule has 1 aromatic carbocycles. The Labute approximate surface area is 128 Å². The van der Waals surface area contributed by atoms with Gasteiger partial charge in [0.15, 0.2) is 0 Å². The van der Waals surface area contributed by atoms with Gasteiger partial charge in [0.05, 0.1) is 5.56 Å². The molecule has 1 fully saturated rings. The van der Waals surface area contributed by atoms with Crippen LogP contribution >= 0.6 is 11.6 Å². The molecule has 2 rings (SSSR count). The molecular formula is C13H14ClN3O3S. The summed E-state index contributed by atoms with van der Waals surface area (Å²) >= 11 is 5.85. The van der Waals surface area contributed by atoms with Crippen LogP contribution in [0.1, 0.15) is 18.9 Å². The second-order valence-electron chi connectivity index (χ2n) is 4.58. The Morgan fingerprint density at radius 3 is 2.86 bits per heavy atom. The first kappa shape index (κ1) is 15.8. The Balaban J connectivity index is 2.54. The lowest BCUT2D eigenvalue weighted by molar-refractivity contribution is -0.126. The number of halogens is 1. The van der Waals surface area contributed by atoms with Crippen molar-refractivity contribution >= 4 is 27.5 Å². The third-order valence-electron chi connectivity index (χ3n) is 3.32. The minimum Gasteiger partial charge on any atom is -0.353 e. The molecule has 1 N–H and O–H groups in total. The summed E-state index contributed by atoms with van der Waals surface area (Å²) in [5.74, 6) is -0.326. The summed E-state index contributed by atoms with van der Waals surface area (Å²) in [6.07, 6.45) is 0.355. The van der Waals surface area contributed by atoms with Gasteiger partial charge in [-0.05, 0) is 24.6 Å². The van der Waals surface area contributed by atoms with Crippen LogP contribution < -0.4 is 5.32 Å². The summed E-state index contributed by atoms with van der Waals surface area (Å²) in [7, 11) is -3.96. The Kier molecular flexibility index (Phi) is 4.52. The molecule has 0 aliphatic carbocycles. The van der Waals surface area contributed by atoms with E-state index in [1.165, 1.54) is 18.2 Å². The molecule has 1 aliphatic rings. The lowest BCUT2D eigenvalue weighted by Gasteiger charge is -2.33. The van der Waals surface area contributed by atoms with Crippen molar-refractivity contribution in [2.24, 2.45) is 0 Å². The molecule has 1 heterocycles. The van der Waals surface area contributed by atoms with Crippen LogP contribution in [-0.2, 0) is 14.8 Å². The molecule has 1 aromatic rings. The molecular weight excluding hydrogens is 314 g/mol. The van der Waals surface area contributed by atoms with Gasteiger partial charge in [-0.15, -0.1) is 0 Å². The van der Waals surface area contributed by atoms with E-state index in [2.05, 4.69) is 5.32 Å². The number of sulfonamides is 1. The topological polar surface area (TPSA) is 90.3 Å². The van der Waals surface area contributed by atoms with Crippen LogP contribution in [0, 0.1) is 11.3 Å². The number of nitrogens with zero attached hydrogens (tertiary/aromatic N) is 2. The van der Waals surface area contributed by atoms with Crippen LogP contribution in [0.3, 0.4) is 0 Å². The van der Waals surface area contributed by atoms with Crippen LogP contribution in [0.5, 0.6) is 0 Å². The lowest BCUT2D eigenvalue weighted by atomic mass is 10.2. The minimum atomic E-state index is -3.96. The number of piperazine rings is 1. The van der Waals surface area contributed by atoms with E-state index in [4.69, 9.17) is 16.9 Å². The maximum atomic E-state index is 12.8. The highest BCUT2D eigenvalue weighted by Gasteiger charge is 2.38. The molecule has 1 aliphatic heterocycles. The van der Waals surface area contributed by atoms with Gasteiger partial charge in [0.2, 0.25) is 15.9 Å². The third kappa shape index (κ3) is 2.88. The number of hydrogen-bond acceptors (Lipinski definition) is 4. The molecule has 21 heavy (non-hydrogen) atoms. The van der Waals surface area contributed by atoms with Crippen molar-refractivity contribution in [3.63, 3.8) is 0 Å². The van der Waals surface area contributed by atoms with Crippen molar-refractivity contribution in [1.29, 1.82) is 5.26 Å². The van der Waals surface area contributed by atoms with E-state index in [0.717, 1.165) is 4.31 Å². The number of nitrogens with one attached hydrogen (secondary N) is 1. The average Bonchev–Trinajstić information content (AvgIpc) is 2.46. The molecule has 1 atom stereocenters. The number of rotatable bonds is 3. The van der Waals surface area contributed by atoms with Gasteiger partial charge in [0, 0.05) is 18.1 Å². The molecule has 6 nitrogen and oxygen atoms in total. The van der Waals surface area contributed by atoms with Gasteiger partial charge >= 0.3 is 0 Å². The highest BCUT2D eigenvalue weighted by molar-refractivity contribution is 7.89. The smallest absolute Gasteiger partial charge is 0.245 e. The van der Waals surface area contributed by atoms with E-state index < -0.39 is 16.1 Å². The fourth-order valence-electron chi connectivity index (χ4n) is 2.30. The fraction of sp³-hybridized carbons (Fsp3) is 0.385. The number of carbonyl (C=O) groups excluding carboxylic acids is 1. The standard InChI is InChI=1S/C13H14ClN3O3S/c1-2-11-13(18)16-5-6-17(11)21(19,20)12-7-10(14)4-3-9(12)8-15/h3-4,7,11H,2,5-6H2,1H3,(H,16,18). The SMILES string of the molecule is CCC1C(=O)NCCN1S(=O)(=O)c1cc(Cl)ccc1C#N. The quantitative estimate of drug-likeness (QED) is 0.900. The number of carbonyl (C=O) groups is 1. The predicted octanol–water partition coefficient (Wildman–Crippen LogP) is 1.11. The second-order valence-corrected chi connectivity index (χ2v) is 6.88. The van der Waals surface area contributed by atoms with Gasteiger partial charge in [0.25, 0.3) is 0 Å². The Morgan fingerprint density at radius 2 is 2.24 bits per heavy atom.